The summed E-state index contributed by atoms with van der Waals surface area (Å²) < 4.78 is 37.3. The van der Waals surface area contributed by atoms with Crippen LogP contribution in [0.25, 0.3) is 0 Å². The molecule has 0 aliphatic carbocycles. The number of nitrogens with zero attached hydrogens (tertiary/aromatic N) is 4. The molecule has 0 saturated carbocycles. The number of likely N-dealkylation sites (N-methyl/N-ethyl adjacent to an activating group) is 3. The van der Waals surface area contributed by atoms with E-state index in [0.29, 0.717) is 0 Å². The quantitative estimate of drug-likeness (QED) is 0.138. The van der Waals surface area contributed by atoms with E-state index in [1.165, 1.54) is 22.9 Å². The molecular weight excluding hydrogens is 1060 g/mol. The molecule has 292 valence electrons. The second-order valence-electron chi connectivity index (χ2n) is 8.68. The third-order valence-electron chi connectivity index (χ3n) is 6.10. The zero-order chi connectivity index (χ0) is 29.0. The van der Waals surface area contributed by atoms with Gasteiger partial charge in [0.05, 0.1) is 0 Å². The van der Waals surface area contributed by atoms with Gasteiger partial charge in [0, 0.05) is 0 Å². The minimum Gasteiger partial charge on any atom is -0.412 e. The molecule has 4 aliphatic heterocycles. The Morgan fingerprint density at radius 1 is 0.660 bits per heavy atom. The van der Waals surface area contributed by atoms with Gasteiger partial charge in [-0.15, -0.1) is 0 Å². The van der Waals surface area contributed by atoms with Gasteiger partial charge >= 0.3 is 287 Å². The van der Waals surface area contributed by atoms with E-state index in [9.17, 15) is 0 Å². The minimum atomic E-state index is -2.22. The van der Waals surface area contributed by atoms with Gasteiger partial charge in [0.25, 0.3) is 0 Å². The number of fused-ring (bicyclic) bond motifs is 6. The van der Waals surface area contributed by atoms with Gasteiger partial charge in [0.2, 0.25) is 0 Å². The summed E-state index contributed by atoms with van der Waals surface area (Å²) in [5.41, 5.74) is 0. The Labute approximate surface area is 327 Å². The van der Waals surface area contributed by atoms with Gasteiger partial charge in [-0.3, -0.25) is 0 Å². The van der Waals surface area contributed by atoms with Crippen LogP contribution < -0.4 is 0 Å². The third-order valence-corrected chi connectivity index (χ3v) is 13.7. The number of hydrogen-bond acceptors (Lipinski definition) is 11. The van der Waals surface area contributed by atoms with E-state index < -0.39 is 64.5 Å². The number of rotatable bonds is 11. The first kappa shape index (κ1) is 70.9. The topological polar surface area (TPSA) is 330 Å². The van der Waals surface area contributed by atoms with Crippen molar-refractivity contribution in [1.82, 2.24) is 19.6 Å². The van der Waals surface area contributed by atoms with Crippen molar-refractivity contribution in [3.63, 3.8) is 0 Å². The van der Waals surface area contributed by atoms with Crippen LogP contribution >= 0.6 is 0 Å². The van der Waals surface area contributed by atoms with E-state index in [1.807, 2.05) is 0 Å². The van der Waals surface area contributed by atoms with Crippen LogP contribution in [0.15, 0.2) is 0 Å². The van der Waals surface area contributed by atoms with Crippen molar-refractivity contribution in [2.24, 2.45) is 0 Å². The third kappa shape index (κ3) is 46.4. The molecule has 47 heavy (non-hydrogen) atoms. The monoisotopic (exact) mass is 1130 g/mol. The Morgan fingerprint density at radius 2 is 1.04 bits per heavy atom. The molecule has 0 aromatic carbocycles. The molecule has 0 atom stereocenters. The average Bonchev–Trinajstić information content (AvgIpc) is 2.90. The van der Waals surface area contributed by atoms with E-state index in [4.69, 9.17) is 21.5 Å². The average molecular weight is 1130 g/mol. The van der Waals surface area contributed by atoms with Crippen molar-refractivity contribution < 1.29 is 65.3 Å². The Bertz CT molecular complexity index is 478. The summed E-state index contributed by atoms with van der Waals surface area (Å²) in [4.78, 5) is 11.5. The zero-order valence-corrected chi connectivity index (χ0v) is 40.8. The summed E-state index contributed by atoms with van der Waals surface area (Å²) in [5, 5.41) is 0. The van der Waals surface area contributed by atoms with Crippen LogP contribution in [-0.4, -0.2) is 276 Å². The van der Waals surface area contributed by atoms with Crippen LogP contribution in [0, 0.1) is 0 Å². The van der Waals surface area contributed by atoms with Crippen molar-refractivity contribution in [1.29, 1.82) is 0 Å². The maximum Gasteiger partial charge on any atom is -0.412 e. The van der Waals surface area contributed by atoms with Crippen LogP contribution in [0.1, 0.15) is 27.7 Å². The summed E-state index contributed by atoms with van der Waals surface area (Å²) in [6, 6.07) is 0. The molecule has 0 aromatic heterocycles. The van der Waals surface area contributed by atoms with Crippen molar-refractivity contribution in [3.8, 4) is 0 Å². The molecule has 0 unspecified atom stereocenters. The summed E-state index contributed by atoms with van der Waals surface area (Å²) in [5.74, 6) is 0. The van der Waals surface area contributed by atoms with Crippen LogP contribution in [0.3, 0.4) is 0 Å². The molecule has 0 aromatic rings. The van der Waals surface area contributed by atoms with E-state index in [0.717, 1.165) is 118 Å². The molecule has 0 amide bonds. The van der Waals surface area contributed by atoms with Crippen LogP contribution in [-0.2, 0) is 21.5 Å². The molecule has 4 saturated heterocycles. The first-order valence-corrected chi connectivity index (χ1v) is 25.2. The fourth-order valence-corrected chi connectivity index (χ4v) is 8.67. The molecule has 4 fully saturated rings. The Balaban J connectivity index is -0.0000000556. The SMILES string of the molecule is C1CN2CC[O][Sn]([O]1)[O]CC2.CCN(CC)CC[O][Sn].CCN(CC)CC[O][Sn][CH3].CN1CC[O][Sn][O]CC1.O.O.O.O.O.O.O.O. The second kappa shape index (κ2) is 55.2. The first-order chi connectivity index (χ1) is 19.0. The molecule has 4 rings (SSSR count). The van der Waals surface area contributed by atoms with Crippen molar-refractivity contribution in [2.75, 3.05) is 125 Å². The standard InChI is InChI=1S/C6H12NO3.2C6H14NO.C5H11NO2.CH3.8H2O.4Sn/c8-4-1-7(2-5-9)3-6-10;2*1-3-7(4-2)5-6-8;1-6(2-4-7)3-5-8;;;;;;;;;;;;;/h1-6H2;2*3-6H2,1-2H3;2-5H2,1H3;1H3;8*1H2;;;;/q-3;2*-1;-2;;;;;;;;;;2*+1;+2;+3. The Kier molecular flexibility index (Phi) is 83.3. The predicted octanol–water partition coefficient (Wildman–Crippen LogP) is -6.31. The maximum absolute atomic E-state index is 5.46. The minimum absolute atomic E-state index is 0. The summed E-state index contributed by atoms with van der Waals surface area (Å²) in [7, 11) is 2.09. The molecule has 8 radical (unpaired) electrons. The van der Waals surface area contributed by atoms with Gasteiger partial charge in [0.1, 0.15) is 0 Å². The molecular formula is C24H70N4O15Sn4. The Morgan fingerprint density at radius 3 is 1.38 bits per heavy atom. The molecule has 16 N–H and O–H groups in total. The maximum atomic E-state index is 5.46. The van der Waals surface area contributed by atoms with E-state index in [-0.39, 0.29) is 43.8 Å². The second-order valence-corrected chi connectivity index (χ2v) is 17.5. The zero-order valence-electron chi connectivity index (χ0n) is 29.4. The molecule has 0 spiro atoms. The van der Waals surface area contributed by atoms with Gasteiger partial charge in [-0.05, 0) is 0 Å². The van der Waals surface area contributed by atoms with Gasteiger partial charge in [-0.25, -0.2) is 0 Å². The fraction of sp³-hybridized carbons (Fsp3) is 1.00. The molecule has 2 bridgehead atoms. The smallest absolute Gasteiger partial charge is 0.412 e. The fourth-order valence-electron chi connectivity index (χ4n) is 3.41. The van der Waals surface area contributed by atoms with E-state index in [2.05, 4.69) is 59.3 Å². The van der Waals surface area contributed by atoms with Gasteiger partial charge in [-0.1, -0.05) is 0 Å². The van der Waals surface area contributed by atoms with Crippen LogP contribution in [0.2, 0.25) is 4.94 Å². The van der Waals surface area contributed by atoms with Gasteiger partial charge in [-0.2, -0.15) is 0 Å². The molecule has 19 nitrogen and oxygen atoms in total. The van der Waals surface area contributed by atoms with Crippen molar-refractivity contribution in [3.05, 3.63) is 0 Å². The van der Waals surface area contributed by atoms with E-state index in [1.54, 1.807) is 0 Å². The number of hydrogen-bond donors (Lipinski definition) is 0. The van der Waals surface area contributed by atoms with E-state index >= 15 is 0 Å². The molecule has 4 heterocycles. The molecule has 4 aliphatic rings. The summed E-state index contributed by atoms with van der Waals surface area (Å²) in [6.45, 7) is 26.7. The van der Waals surface area contributed by atoms with Crippen LogP contribution in [0.5, 0.6) is 0 Å². The largest absolute Gasteiger partial charge is 0.412 e. The first-order valence-electron chi connectivity index (χ1n) is 14.2. The summed E-state index contributed by atoms with van der Waals surface area (Å²) >= 11 is -2.28. The summed E-state index contributed by atoms with van der Waals surface area (Å²) in [6.07, 6.45) is 0. The van der Waals surface area contributed by atoms with Crippen molar-refractivity contribution in [2.45, 2.75) is 32.6 Å². The van der Waals surface area contributed by atoms with Gasteiger partial charge < -0.3 is 43.8 Å². The predicted molar refractivity (Wildman–Crippen MR) is 189 cm³/mol. The Hall–Kier alpha value is 2.43. The van der Waals surface area contributed by atoms with Gasteiger partial charge in [0.15, 0.2) is 0 Å². The molecule has 23 heteroatoms. The normalized spacial score (nSPS) is 16.0. The van der Waals surface area contributed by atoms with Crippen molar-refractivity contribution >= 4 is 87.5 Å². The van der Waals surface area contributed by atoms with Crippen LogP contribution in [0.4, 0.5) is 0 Å².